The molecule has 0 aromatic heterocycles. The predicted octanol–water partition coefficient (Wildman–Crippen LogP) is 4.92. The quantitative estimate of drug-likeness (QED) is 0.0286. The van der Waals surface area contributed by atoms with Crippen molar-refractivity contribution < 1.29 is 89.4 Å². The third-order valence-electron chi connectivity index (χ3n) is 13.8. The van der Waals surface area contributed by atoms with Crippen LogP contribution in [0.1, 0.15) is 129 Å². The standard InChI is InChI=1S/C62H99NO18/c1-3-5-7-9-10-11-12-13-14-15-16-17-18-19-20-21-22-23-24-25-26-27-28-29-30-31-32-33-34-36-38-40-50(68)63-45(46(67)39-37-35-8-6-4-2)44-76-60-56(74)53(71)58(48(42-65)78-60)81-62-57(75)54(72)59(49(43-66)79-62)80-61-55(73)52(70)51(69)47(41-64)77-61/h5,7,10-11,13-14,16-17,19-20,22-23,25-26,28-29,31-32,37,39,45-49,51-62,64-67,69-75H,3-4,6,8-9,12,15,18,21,24,27,30,33-36,38,40-44H2,1-2H3,(H,63,68)/b7-5-,11-10-,14-13-,17-16-,20-19-,23-22-,26-25-,29-28-,32-31-,39-37+. The van der Waals surface area contributed by atoms with Crippen LogP contribution in [0.4, 0.5) is 0 Å². The first-order valence-corrected chi connectivity index (χ1v) is 29.3. The highest BCUT2D eigenvalue weighted by Crippen LogP contribution is 2.33. The van der Waals surface area contributed by atoms with E-state index in [9.17, 15) is 61.0 Å². The van der Waals surface area contributed by atoms with Crippen LogP contribution in [-0.4, -0.2) is 193 Å². The van der Waals surface area contributed by atoms with Crippen molar-refractivity contribution in [2.45, 2.75) is 234 Å². The van der Waals surface area contributed by atoms with Gasteiger partial charge in [0.2, 0.25) is 5.91 Å². The minimum Gasteiger partial charge on any atom is -0.394 e. The van der Waals surface area contributed by atoms with Gasteiger partial charge < -0.3 is 89.9 Å². The highest BCUT2D eigenvalue weighted by Gasteiger charge is 2.53. The number of hydrogen-bond donors (Lipinski definition) is 12. The average molecular weight is 1150 g/mol. The third-order valence-corrected chi connectivity index (χ3v) is 13.8. The number of rotatable bonds is 40. The number of ether oxygens (including phenoxy) is 6. The number of aliphatic hydroxyl groups is 11. The molecular weight excluding hydrogens is 1050 g/mol. The molecule has 3 fully saturated rings. The molecule has 3 aliphatic rings. The summed E-state index contributed by atoms with van der Waals surface area (Å²) in [6.07, 6.45) is 31.3. The van der Waals surface area contributed by atoms with E-state index in [2.05, 4.69) is 129 Å². The van der Waals surface area contributed by atoms with Crippen molar-refractivity contribution in [3.8, 4) is 0 Å². The molecule has 81 heavy (non-hydrogen) atoms. The first-order chi connectivity index (χ1) is 39.3. The molecule has 19 nitrogen and oxygen atoms in total. The maximum atomic E-state index is 13.2. The van der Waals surface area contributed by atoms with Crippen LogP contribution in [0.15, 0.2) is 122 Å². The van der Waals surface area contributed by atoms with Gasteiger partial charge in [0, 0.05) is 6.42 Å². The summed E-state index contributed by atoms with van der Waals surface area (Å²) in [5.74, 6) is -0.323. The van der Waals surface area contributed by atoms with Crippen molar-refractivity contribution in [1.82, 2.24) is 5.32 Å². The SMILES string of the molecule is CC/C=C\C/C=C\C/C=C\C/C=C\C/C=C\C/C=C\C/C=C\C/C=C\C/C=C\CCCCCC(=O)NC(COC1OC(CO)C(OC2OC(CO)C(OC3OC(CO)C(O)C(O)C3O)C(O)C2O)C(O)C1O)C(O)/C=C/CCCCC. The number of nitrogens with one attached hydrogen (secondary N) is 1. The van der Waals surface area contributed by atoms with Gasteiger partial charge >= 0.3 is 0 Å². The fraction of sp³-hybridized carbons (Fsp3) is 0.661. The molecule has 17 unspecified atom stereocenters. The van der Waals surface area contributed by atoms with Crippen molar-refractivity contribution in [1.29, 1.82) is 0 Å². The van der Waals surface area contributed by atoms with Gasteiger partial charge in [-0.2, -0.15) is 0 Å². The fourth-order valence-corrected chi connectivity index (χ4v) is 8.94. The molecule has 0 saturated carbocycles. The molecule has 19 heteroatoms. The summed E-state index contributed by atoms with van der Waals surface area (Å²) >= 11 is 0. The van der Waals surface area contributed by atoms with Gasteiger partial charge in [-0.25, -0.2) is 0 Å². The zero-order chi connectivity index (χ0) is 59.0. The van der Waals surface area contributed by atoms with Crippen LogP contribution >= 0.6 is 0 Å². The molecule has 0 radical (unpaired) electrons. The summed E-state index contributed by atoms with van der Waals surface area (Å²) in [6, 6.07) is -0.996. The Bertz CT molecular complexity index is 1950. The topological polar surface area (TPSA) is 307 Å². The maximum Gasteiger partial charge on any atom is 0.220 e. The average Bonchev–Trinajstić information content (AvgIpc) is 3.48. The highest BCUT2D eigenvalue weighted by atomic mass is 16.8. The number of unbranched alkanes of at least 4 members (excludes halogenated alkanes) is 6. The monoisotopic (exact) mass is 1150 g/mol. The second-order valence-electron chi connectivity index (χ2n) is 20.4. The van der Waals surface area contributed by atoms with Gasteiger partial charge in [0.1, 0.15) is 73.2 Å². The number of allylic oxidation sites excluding steroid dienone is 19. The number of carbonyl (C=O) groups excluding carboxylic acids is 1. The maximum absolute atomic E-state index is 13.2. The van der Waals surface area contributed by atoms with Gasteiger partial charge in [0.15, 0.2) is 18.9 Å². The normalized spacial score (nSPS) is 30.7. The fourth-order valence-electron chi connectivity index (χ4n) is 8.94. The van der Waals surface area contributed by atoms with Crippen LogP contribution in [0.2, 0.25) is 0 Å². The Labute approximate surface area is 480 Å². The highest BCUT2D eigenvalue weighted by molar-refractivity contribution is 5.76. The summed E-state index contributed by atoms with van der Waals surface area (Å²) < 4.78 is 34.0. The smallest absolute Gasteiger partial charge is 0.220 e. The Hall–Kier alpha value is -3.81. The van der Waals surface area contributed by atoms with Crippen molar-refractivity contribution >= 4 is 5.91 Å². The van der Waals surface area contributed by atoms with Gasteiger partial charge in [-0.1, -0.05) is 155 Å². The van der Waals surface area contributed by atoms with Crippen molar-refractivity contribution in [2.75, 3.05) is 26.4 Å². The molecule has 0 aromatic carbocycles. The van der Waals surface area contributed by atoms with Crippen LogP contribution < -0.4 is 5.32 Å². The zero-order valence-electron chi connectivity index (χ0n) is 47.7. The number of aliphatic hydroxyl groups excluding tert-OH is 11. The first kappa shape index (κ1) is 71.5. The Kier molecular flexibility index (Phi) is 38.6. The molecule has 0 bridgehead atoms. The molecule has 0 aliphatic carbocycles. The summed E-state index contributed by atoms with van der Waals surface area (Å²) in [7, 11) is 0. The Balaban J connectivity index is 1.38. The molecular formula is C62H99NO18. The molecule has 460 valence electrons. The van der Waals surface area contributed by atoms with Gasteiger partial charge in [-0.15, -0.1) is 0 Å². The molecule has 1 amide bonds. The van der Waals surface area contributed by atoms with Crippen molar-refractivity contribution in [3.63, 3.8) is 0 Å². The molecule has 3 saturated heterocycles. The van der Waals surface area contributed by atoms with E-state index in [4.69, 9.17) is 28.4 Å². The third kappa shape index (κ3) is 27.6. The number of hydrogen-bond acceptors (Lipinski definition) is 18. The minimum absolute atomic E-state index is 0.192. The van der Waals surface area contributed by atoms with Crippen molar-refractivity contribution in [2.24, 2.45) is 0 Å². The Morgan fingerprint density at radius 1 is 0.457 bits per heavy atom. The zero-order valence-corrected chi connectivity index (χ0v) is 47.7. The van der Waals surface area contributed by atoms with Crippen LogP contribution in [0.5, 0.6) is 0 Å². The van der Waals surface area contributed by atoms with Crippen LogP contribution in [0.25, 0.3) is 0 Å². The summed E-state index contributed by atoms with van der Waals surface area (Å²) in [4.78, 5) is 13.2. The summed E-state index contributed by atoms with van der Waals surface area (Å²) in [5, 5.41) is 119. The Morgan fingerprint density at radius 2 is 0.852 bits per heavy atom. The van der Waals surface area contributed by atoms with Gasteiger partial charge in [0.05, 0.1) is 38.6 Å². The van der Waals surface area contributed by atoms with E-state index in [0.717, 1.165) is 96.3 Å². The lowest BCUT2D eigenvalue weighted by Gasteiger charge is -2.48. The van der Waals surface area contributed by atoms with Gasteiger partial charge in [0.25, 0.3) is 0 Å². The Morgan fingerprint density at radius 3 is 1.31 bits per heavy atom. The molecule has 0 aromatic rings. The van der Waals surface area contributed by atoms with E-state index in [1.165, 1.54) is 0 Å². The van der Waals surface area contributed by atoms with E-state index >= 15 is 0 Å². The molecule has 3 aliphatic heterocycles. The number of amides is 1. The molecule has 17 atom stereocenters. The lowest BCUT2D eigenvalue weighted by molar-refractivity contribution is -0.379. The first-order valence-electron chi connectivity index (χ1n) is 29.3. The summed E-state index contributed by atoms with van der Waals surface area (Å²) in [6.45, 7) is 1.40. The van der Waals surface area contributed by atoms with Gasteiger partial charge in [-0.05, 0) is 89.9 Å². The molecule has 3 rings (SSSR count). The second kappa shape index (κ2) is 43.8. The lowest BCUT2D eigenvalue weighted by Crippen LogP contribution is -2.66. The van der Waals surface area contributed by atoms with Gasteiger partial charge in [-0.3, -0.25) is 4.79 Å². The number of carbonyl (C=O) groups is 1. The second-order valence-corrected chi connectivity index (χ2v) is 20.4. The molecule has 0 spiro atoms. The van der Waals surface area contributed by atoms with E-state index in [1.807, 2.05) is 6.08 Å². The minimum atomic E-state index is -1.99. The van der Waals surface area contributed by atoms with E-state index < -0.39 is 124 Å². The summed E-state index contributed by atoms with van der Waals surface area (Å²) in [5.41, 5.74) is 0. The molecule has 12 N–H and O–H groups in total. The van der Waals surface area contributed by atoms with E-state index in [0.29, 0.717) is 12.8 Å². The van der Waals surface area contributed by atoms with E-state index in [1.54, 1.807) is 6.08 Å². The van der Waals surface area contributed by atoms with Crippen LogP contribution in [-0.2, 0) is 33.2 Å². The van der Waals surface area contributed by atoms with Crippen molar-refractivity contribution in [3.05, 3.63) is 122 Å². The lowest BCUT2D eigenvalue weighted by atomic mass is 9.96. The molecule has 3 heterocycles. The van der Waals surface area contributed by atoms with E-state index in [-0.39, 0.29) is 18.9 Å². The van der Waals surface area contributed by atoms with Crippen LogP contribution in [0.3, 0.4) is 0 Å². The largest absolute Gasteiger partial charge is 0.394 e. The van der Waals surface area contributed by atoms with Crippen LogP contribution in [0, 0.1) is 0 Å². The predicted molar refractivity (Wildman–Crippen MR) is 309 cm³/mol.